The van der Waals surface area contributed by atoms with Crippen LogP contribution in [0.5, 0.6) is 5.75 Å². The highest BCUT2D eigenvalue weighted by Gasteiger charge is 2.18. The molecule has 0 radical (unpaired) electrons. The van der Waals surface area contributed by atoms with Gasteiger partial charge in [0, 0.05) is 30.8 Å². The minimum Gasteiger partial charge on any atom is -0.491 e. The van der Waals surface area contributed by atoms with E-state index in [-0.39, 0.29) is 17.9 Å². The Morgan fingerprint density at radius 1 is 1.28 bits per heavy atom. The van der Waals surface area contributed by atoms with Crippen LogP contribution in [0.4, 0.5) is 11.6 Å². The second-order valence-corrected chi connectivity index (χ2v) is 7.35. The molecule has 8 nitrogen and oxygen atoms in total. The van der Waals surface area contributed by atoms with Crippen LogP contribution in [-0.2, 0) is 22.4 Å². The number of ether oxygens (including phenoxy) is 2. The monoisotopic (exact) mass is 398 g/mol. The Labute approximate surface area is 169 Å². The highest BCUT2D eigenvalue weighted by molar-refractivity contribution is 5.92. The van der Waals surface area contributed by atoms with Crippen molar-refractivity contribution >= 4 is 17.5 Å². The molecule has 154 valence electrons. The number of amides is 1. The van der Waals surface area contributed by atoms with Gasteiger partial charge in [0.1, 0.15) is 5.75 Å². The summed E-state index contributed by atoms with van der Waals surface area (Å²) in [5.41, 5.74) is 2.82. The molecule has 0 atom stereocenters. The number of aromatic amines is 1. The molecule has 0 unspecified atom stereocenters. The lowest BCUT2D eigenvalue weighted by atomic mass is 10.0. The fourth-order valence-corrected chi connectivity index (χ4v) is 3.75. The van der Waals surface area contributed by atoms with Gasteiger partial charge in [0.2, 0.25) is 11.9 Å². The summed E-state index contributed by atoms with van der Waals surface area (Å²) in [6.45, 7) is 5.12. The third-order valence-electron chi connectivity index (χ3n) is 5.33. The molecule has 2 aromatic rings. The van der Waals surface area contributed by atoms with Crippen molar-refractivity contribution in [2.75, 3.05) is 43.1 Å². The van der Waals surface area contributed by atoms with Crippen LogP contribution in [0.1, 0.15) is 29.7 Å². The summed E-state index contributed by atoms with van der Waals surface area (Å²) in [5, 5.41) is 2.92. The fourth-order valence-electron chi connectivity index (χ4n) is 3.75. The zero-order valence-corrected chi connectivity index (χ0v) is 16.6. The number of carbonyl (C=O) groups is 1. The Hall–Kier alpha value is -2.87. The molecule has 2 aliphatic heterocycles. The second-order valence-electron chi connectivity index (χ2n) is 7.35. The number of hydrogen-bond acceptors (Lipinski definition) is 6. The number of nitrogens with zero attached hydrogens (tertiary/aromatic N) is 2. The number of nitrogens with one attached hydrogen (secondary N) is 2. The maximum atomic E-state index is 12.6. The molecule has 1 fully saturated rings. The van der Waals surface area contributed by atoms with E-state index in [0.717, 1.165) is 24.2 Å². The molecule has 4 rings (SSSR count). The lowest BCUT2D eigenvalue weighted by Crippen LogP contribution is -2.38. The van der Waals surface area contributed by atoms with Crippen LogP contribution >= 0.6 is 0 Å². The van der Waals surface area contributed by atoms with Gasteiger partial charge in [-0.3, -0.25) is 14.6 Å². The lowest BCUT2D eigenvalue weighted by Gasteiger charge is -2.27. The normalized spacial score (nSPS) is 16.1. The molecular weight excluding hydrogens is 372 g/mol. The molecule has 1 saturated heterocycles. The zero-order valence-electron chi connectivity index (χ0n) is 16.6. The lowest BCUT2D eigenvalue weighted by molar-refractivity contribution is -0.116. The number of morpholine rings is 1. The van der Waals surface area contributed by atoms with Crippen molar-refractivity contribution in [2.45, 2.75) is 32.6 Å². The largest absolute Gasteiger partial charge is 0.491 e. The van der Waals surface area contributed by atoms with E-state index < -0.39 is 0 Å². The minimum atomic E-state index is -0.188. The number of rotatable bonds is 5. The predicted octanol–water partition coefficient (Wildman–Crippen LogP) is 1.81. The SMILES string of the molecule is Cc1nc(N2CCOCC2)[nH]c(=O)c1CCC(=O)Nc1cccc2c1OCCC2. The van der Waals surface area contributed by atoms with Crippen LogP contribution in [0.2, 0.25) is 0 Å². The summed E-state index contributed by atoms with van der Waals surface area (Å²) in [5.74, 6) is 1.18. The Morgan fingerprint density at radius 2 is 2.10 bits per heavy atom. The van der Waals surface area contributed by atoms with E-state index in [0.29, 0.717) is 62.2 Å². The molecule has 29 heavy (non-hydrogen) atoms. The van der Waals surface area contributed by atoms with Gasteiger partial charge < -0.3 is 19.7 Å². The standard InChI is InChI=1S/C21H26N4O4/c1-14-16(20(27)24-21(22-14)25-9-12-28-13-10-25)7-8-18(26)23-17-6-2-4-15-5-3-11-29-19(15)17/h2,4,6H,3,5,7-13H2,1H3,(H,23,26)(H,22,24,27). The molecule has 2 aliphatic rings. The van der Waals surface area contributed by atoms with Crippen molar-refractivity contribution in [1.82, 2.24) is 9.97 Å². The first-order valence-electron chi connectivity index (χ1n) is 10.1. The van der Waals surface area contributed by atoms with Gasteiger partial charge in [0.25, 0.3) is 5.56 Å². The number of aromatic nitrogens is 2. The summed E-state index contributed by atoms with van der Waals surface area (Å²) in [4.78, 5) is 34.4. The van der Waals surface area contributed by atoms with Gasteiger partial charge in [-0.25, -0.2) is 4.98 Å². The molecule has 1 aromatic heterocycles. The van der Waals surface area contributed by atoms with Gasteiger partial charge in [-0.2, -0.15) is 0 Å². The van der Waals surface area contributed by atoms with Gasteiger partial charge in [0.05, 0.1) is 25.5 Å². The summed E-state index contributed by atoms with van der Waals surface area (Å²) < 4.78 is 11.1. The van der Waals surface area contributed by atoms with Crippen molar-refractivity contribution in [3.63, 3.8) is 0 Å². The Morgan fingerprint density at radius 3 is 2.90 bits per heavy atom. The number of H-pyrrole nitrogens is 1. The van der Waals surface area contributed by atoms with E-state index in [9.17, 15) is 9.59 Å². The van der Waals surface area contributed by atoms with Crippen LogP contribution in [0.15, 0.2) is 23.0 Å². The Bertz CT molecular complexity index is 950. The number of carbonyl (C=O) groups excluding carboxylic acids is 1. The number of para-hydroxylation sites is 1. The fraction of sp³-hybridized carbons (Fsp3) is 0.476. The van der Waals surface area contributed by atoms with Gasteiger partial charge in [0.15, 0.2) is 0 Å². The average molecular weight is 398 g/mol. The van der Waals surface area contributed by atoms with Crippen LogP contribution in [0, 0.1) is 6.92 Å². The van der Waals surface area contributed by atoms with Crippen LogP contribution in [-0.4, -0.2) is 48.8 Å². The van der Waals surface area contributed by atoms with Gasteiger partial charge in [-0.15, -0.1) is 0 Å². The third-order valence-corrected chi connectivity index (χ3v) is 5.33. The molecule has 8 heteroatoms. The number of aryl methyl sites for hydroxylation is 2. The highest BCUT2D eigenvalue weighted by atomic mass is 16.5. The molecule has 1 amide bonds. The third kappa shape index (κ3) is 4.42. The molecule has 0 saturated carbocycles. The molecular formula is C21H26N4O4. The smallest absolute Gasteiger partial charge is 0.255 e. The highest BCUT2D eigenvalue weighted by Crippen LogP contribution is 2.32. The molecule has 0 aliphatic carbocycles. The van der Waals surface area contributed by atoms with Crippen molar-refractivity contribution < 1.29 is 14.3 Å². The molecule has 0 bridgehead atoms. The van der Waals surface area contributed by atoms with Gasteiger partial charge in [-0.1, -0.05) is 12.1 Å². The van der Waals surface area contributed by atoms with Gasteiger partial charge >= 0.3 is 0 Å². The van der Waals surface area contributed by atoms with Crippen molar-refractivity contribution in [1.29, 1.82) is 0 Å². The summed E-state index contributed by atoms with van der Waals surface area (Å²) in [6.07, 6.45) is 2.47. The maximum Gasteiger partial charge on any atom is 0.255 e. The predicted molar refractivity (Wildman–Crippen MR) is 110 cm³/mol. The van der Waals surface area contributed by atoms with E-state index in [1.54, 1.807) is 0 Å². The van der Waals surface area contributed by atoms with E-state index in [1.165, 1.54) is 0 Å². The van der Waals surface area contributed by atoms with Crippen molar-refractivity contribution in [3.05, 3.63) is 45.4 Å². The van der Waals surface area contributed by atoms with E-state index in [4.69, 9.17) is 9.47 Å². The summed E-state index contributed by atoms with van der Waals surface area (Å²) in [7, 11) is 0. The first-order chi connectivity index (χ1) is 14.1. The van der Waals surface area contributed by atoms with E-state index in [1.807, 2.05) is 30.0 Å². The second kappa shape index (κ2) is 8.65. The maximum absolute atomic E-state index is 12.6. The molecule has 3 heterocycles. The first-order valence-corrected chi connectivity index (χ1v) is 10.1. The Kier molecular flexibility index (Phi) is 5.80. The average Bonchev–Trinajstić information content (AvgIpc) is 2.74. The quantitative estimate of drug-likeness (QED) is 0.797. The summed E-state index contributed by atoms with van der Waals surface area (Å²) >= 11 is 0. The van der Waals surface area contributed by atoms with Crippen molar-refractivity contribution in [3.8, 4) is 5.75 Å². The zero-order chi connectivity index (χ0) is 20.2. The molecule has 0 spiro atoms. The van der Waals surface area contributed by atoms with E-state index in [2.05, 4.69) is 15.3 Å². The Balaban J connectivity index is 1.41. The topological polar surface area (TPSA) is 96.6 Å². The van der Waals surface area contributed by atoms with Crippen molar-refractivity contribution in [2.24, 2.45) is 0 Å². The van der Waals surface area contributed by atoms with Gasteiger partial charge in [-0.05, 0) is 37.8 Å². The number of benzene rings is 1. The van der Waals surface area contributed by atoms with Crippen LogP contribution in [0.25, 0.3) is 0 Å². The van der Waals surface area contributed by atoms with Crippen LogP contribution in [0.3, 0.4) is 0 Å². The van der Waals surface area contributed by atoms with Crippen LogP contribution < -0.4 is 20.5 Å². The van der Waals surface area contributed by atoms with E-state index >= 15 is 0 Å². The minimum absolute atomic E-state index is 0.149. The number of anilines is 2. The number of hydrogen-bond donors (Lipinski definition) is 2. The molecule has 2 N–H and O–H groups in total. The molecule has 1 aromatic carbocycles. The number of fused-ring (bicyclic) bond motifs is 1. The first kappa shape index (κ1) is 19.4. The summed E-state index contributed by atoms with van der Waals surface area (Å²) in [6, 6.07) is 5.79.